The summed E-state index contributed by atoms with van der Waals surface area (Å²) in [7, 11) is -3.61. The van der Waals surface area contributed by atoms with E-state index in [9.17, 15) is 18.0 Å². The predicted octanol–water partition coefficient (Wildman–Crippen LogP) is 4.62. The normalized spacial score (nSPS) is 14.9. The van der Waals surface area contributed by atoms with Gasteiger partial charge < -0.3 is 15.4 Å². The van der Waals surface area contributed by atoms with Crippen LogP contribution in [0.2, 0.25) is 10.0 Å². The van der Waals surface area contributed by atoms with E-state index in [-0.39, 0.29) is 29.6 Å². The summed E-state index contributed by atoms with van der Waals surface area (Å²) < 4.78 is 30.6. The van der Waals surface area contributed by atoms with Gasteiger partial charge in [-0.3, -0.25) is 13.9 Å². The number of hydrogen-bond acceptors (Lipinski definition) is 5. The van der Waals surface area contributed by atoms with Crippen LogP contribution in [-0.4, -0.2) is 39.3 Å². The number of rotatable bonds is 5. The molecule has 2 amide bonds. The van der Waals surface area contributed by atoms with E-state index in [1.165, 1.54) is 28.6 Å². The highest BCUT2D eigenvalue weighted by atomic mass is 35.5. The third-order valence-corrected chi connectivity index (χ3v) is 7.17. The number of benzene rings is 3. The molecule has 8 nitrogen and oxygen atoms in total. The van der Waals surface area contributed by atoms with Gasteiger partial charge in [-0.1, -0.05) is 41.4 Å². The third-order valence-electron chi connectivity index (χ3n) is 5.00. The van der Waals surface area contributed by atoms with Crippen molar-refractivity contribution in [1.29, 1.82) is 0 Å². The molecule has 0 unspecified atom stereocenters. The number of halogens is 2. The first kappa shape index (κ1) is 24.0. The highest BCUT2D eigenvalue weighted by Crippen LogP contribution is 2.29. The van der Waals surface area contributed by atoms with E-state index < -0.39 is 21.9 Å². The molecule has 0 saturated carbocycles. The highest BCUT2D eigenvalue weighted by molar-refractivity contribution is 7.92. The maximum absolute atomic E-state index is 12.8. The van der Waals surface area contributed by atoms with Crippen molar-refractivity contribution < 1.29 is 22.7 Å². The van der Waals surface area contributed by atoms with Crippen LogP contribution < -0.4 is 14.9 Å². The molecule has 0 radical (unpaired) electrons. The molecule has 1 fully saturated rings. The zero-order valence-corrected chi connectivity index (χ0v) is 20.0. The van der Waals surface area contributed by atoms with Crippen LogP contribution >= 0.6 is 23.2 Å². The molecular weight excluding hydrogens is 501 g/mol. The van der Waals surface area contributed by atoms with Crippen LogP contribution in [0.3, 0.4) is 0 Å². The molecule has 4 rings (SSSR count). The van der Waals surface area contributed by atoms with Crippen molar-refractivity contribution in [2.24, 2.45) is 0 Å². The lowest BCUT2D eigenvalue weighted by Crippen LogP contribution is -2.41. The van der Waals surface area contributed by atoms with Gasteiger partial charge in [0.1, 0.15) is 0 Å². The van der Waals surface area contributed by atoms with E-state index in [1.807, 2.05) is 0 Å². The summed E-state index contributed by atoms with van der Waals surface area (Å²) in [5.74, 6) is -1.27. The van der Waals surface area contributed by atoms with Gasteiger partial charge in [0.05, 0.1) is 40.1 Å². The molecule has 1 heterocycles. The maximum Gasteiger partial charge on any atom is 0.259 e. The Kier molecular flexibility index (Phi) is 7.08. The Labute approximate surface area is 206 Å². The Morgan fingerprint density at radius 1 is 0.882 bits per heavy atom. The molecule has 11 heteroatoms. The van der Waals surface area contributed by atoms with Crippen LogP contribution in [-0.2, 0) is 14.8 Å². The first-order valence-electron chi connectivity index (χ1n) is 10.1. The van der Waals surface area contributed by atoms with Gasteiger partial charge in [0.2, 0.25) is 0 Å². The summed E-state index contributed by atoms with van der Waals surface area (Å²) in [6.07, 6.45) is 0. The largest absolute Gasteiger partial charge is 0.362 e. The van der Waals surface area contributed by atoms with Crippen molar-refractivity contribution in [3.8, 4) is 0 Å². The Balaban J connectivity index is 1.50. The monoisotopic (exact) mass is 519 g/mol. The number of nitrogens with one attached hydrogen (secondary N) is 2. The van der Waals surface area contributed by atoms with Crippen LogP contribution in [0.4, 0.5) is 17.1 Å². The molecule has 1 saturated heterocycles. The highest BCUT2D eigenvalue weighted by Gasteiger charge is 2.27. The van der Waals surface area contributed by atoms with Gasteiger partial charge in [-0.05, 0) is 48.5 Å². The summed E-state index contributed by atoms with van der Waals surface area (Å²) in [6, 6.07) is 17.7. The Morgan fingerprint density at radius 2 is 1.65 bits per heavy atom. The van der Waals surface area contributed by atoms with E-state index >= 15 is 0 Å². The molecule has 0 spiro atoms. The number of hydrogen-bond donors (Lipinski definition) is 2. The molecule has 0 aliphatic carbocycles. The fourth-order valence-electron chi connectivity index (χ4n) is 3.33. The molecular formula is C23H19Cl2N3O5S. The first-order valence-corrected chi connectivity index (χ1v) is 12.5. The number of anilines is 3. The number of nitrogens with zero attached hydrogens (tertiary/aromatic N) is 1. The maximum atomic E-state index is 12.8. The van der Waals surface area contributed by atoms with Crippen molar-refractivity contribution in [3.05, 3.63) is 87.9 Å². The topological polar surface area (TPSA) is 105 Å². The van der Waals surface area contributed by atoms with Crippen LogP contribution in [0.5, 0.6) is 0 Å². The van der Waals surface area contributed by atoms with Crippen LogP contribution in [0, 0.1) is 0 Å². The molecule has 2 N–H and O–H groups in total. The van der Waals surface area contributed by atoms with Gasteiger partial charge in [-0.2, -0.15) is 0 Å². The lowest BCUT2D eigenvalue weighted by atomic mass is 10.1. The first-order chi connectivity index (χ1) is 16.2. The summed E-state index contributed by atoms with van der Waals surface area (Å²) >= 11 is 12.5. The van der Waals surface area contributed by atoms with Gasteiger partial charge in [-0.25, -0.2) is 8.42 Å². The zero-order chi connectivity index (χ0) is 24.3. The van der Waals surface area contributed by atoms with Crippen molar-refractivity contribution in [3.63, 3.8) is 0 Å². The minimum absolute atomic E-state index is 0.0864. The van der Waals surface area contributed by atoms with Crippen molar-refractivity contribution in [2.75, 3.05) is 34.0 Å². The SMILES string of the molecule is O=C(Nc1cc(NC(=O)c2ccc(N3CCOCS3(=O)=O)cc2Cl)ccc1Cl)c1ccccc1. The number of sulfonamides is 1. The van der Waals surface area contributed by atoms with E-state index in [4.69, 9.17) is 27.9 Å². The van der Waals surface area contributed by atoms with Crippen molar-refractivity contribution in [1.82, 2.24) is 0 Å². The minimum Gasteiger partial charge on any atom is -0.362 e. The van der Waals surface area contributed by atoms with Crippen LogP contribution in [0.15, 0.2) is 66.7 Å². The van der Waals surface area contributed by atoms with Gasteiger partial charge >= 0.3 is 0 Å². The Morgan fingerprint density at radius 3 is 2.35 bits per heavy atom. The fourth-order valence-corrected chi connectivity index (χ4v) is 5.00. The molecule has 3 aromatic rings. The van der Waals surface area contributed by atoms with Gasteiger partial charge in [0.25, 0.3) is 21.8 Å². The summed E-state index contributed by atoms with van der Waals surface area (Å²) in [5.41, 5.74) is 1.67. The van der Waals surface area contributed by atoms with E-state index in [2.05, 4.69) is 10.6 Å². The quantitative estimate of drug-likeness (QED) is 0.511. The molecule has 0 aromatic heterocycles. The smallest absolute Gasteiger partial charge is 0.259 e. The Bertz CT molecular complexity index is 1350. The molecule has 0 atom stereocenters. The lowest BCUT2D eigenvalue weighted by Gasteiger charge is -2.28. The zero-order valence-electron chi connectivity index (χ0n) is 17.6. The standard InChI is InChI=1S/C23H19Cl2N3O5S/c24-19-9-6-16(12-21(19)27-22(29)15-4-2-1-3-5-15)26-23(30)18-8-7-17(13-20(18)25)28-10-11-33-14-34(28,31)32/h1-9,12-13H,10-11,14H2,(H,26,30)(H,27,29). The molecule has 34 heavy (non-hydrogen) atoms. The molecule has 3 aromatic carbocycles. The summed E-state index contributed by atoms with van der Waals surface area (Å²) in [6.45, 7) is 0.422. The molecule has 176 valence electrons. The number of ether oxygens (including phenoxy) is 1. The van der Waals surface area contributed by atoms with Gasteiger partial charge in [-0.15, -0.1) is 0 Å². The number of carbonyl (C=O) groups is 2. The van der Waals surface area contributed by atoms with E-state index in [1.54, 1.807) is 42.5 Å². The molecule has 0 bridgehead atoms. The molecule has 1 aliphatic rings. The predicted molar refractivity (Wildman–Crippen MR) is 132 cm³/mol. The average molecular weight is 520 g/mol. The van der Waals surface area contributed by atoms with Crippen LogP contribution in [0.1, 0.15) is 20.7 Å². The van der Waals surface area contributed by atoms with Gasteiger partial charge in [0.15, 0.2) is 5.94 Å². The van der Waals surface area contributed by atoms with Crippen molar-refractivity contribution in [2.45, 2.75) is 0 Å². The molecule has 1 aliphatic heterocycles. The number of carbonyl (C=O) groups excluding carboxylic acids is 2. The van der Waals surface area contributed by atoms with Crippen LogP contribution in [0.25, 0.3) is 0 Å². The second-order valence-corrected chi connectivity index (χ2v) is 10.00. The van der Waals surface area contributed by atoms with E-state index in [0.717, 1.165) is 0 Å². The fraction of sp³-hybridized carbons (Fsp3) is 0.130. The lowest BCUT2D eigenvalue weighted by molar-refractivity contribution is 0.101. The van der Waals surface area contributed by atoms with Crippen molar-refractivity contribution >= 4 is 62.1 Å². The second kappa shape index (κ2) is 10.0. The second-order valence-electron chi connectivity index (χ2n) is 7.34. The Hall–Kier alpha value is -3.11. The van der Waals surface area contributed by atoms with E-state index in [0.29, 0.717) is 27.6 Å². The van der Waals surface area contributed by atoms with Gasteiger partial charge in [0, 0.05) is 11.3 Å². The third kappa shape index (κ3) is 5.34. The minimum atomic E-state index is -3.61. The number of amides is 2. The summed E-state index contributed by atoms with van der Waals surface area (Å²) in [4.78, 5) is 25.3. The average Bonchev–Trinajstić information content (AvgIpc) is 2.81. The summed E-state index contributed by atoms with van der Waals surface area (Å²) in [5, 5.41) is 5.82.